The van der Waals surface area contributed by atoms with Crippen molar-refractivity contribution in [3.05, 3.63) is 53.6 Å². The molecule has 1 N–H and O–H groups in total. The van der Waals surface area contributed by atoms with Crippen molar-refractivity contribution >= 4 is 0 Å². The van der Waals surface area contributed by atoms with Gasteiger partial charge in [0.15, 0.2) is 23.0 Å². The summed E-state index contributed by atoms with van der Waals surface area (Å²) in [6.45, 7) is 2.23. The Hall–Kier alpha value is -2.95. The van der Waals surface area contributed by atoms with Gasteiger partial charge >= 0.3 is 6.18 Å². The number of rotatable bonds is 3. The van der Waals surface area contributed by atoms with Gasteiger partial charge in [-0.2, -0.15) is 22.3 Å². The number of nitrogens with zero attached hydrogens (tertiary/aromatic N) is 3. The molecule has 1 fully saturated rings. The molecule has 0 aromatic heterocycles. The smallest absolute Gasteiger partial charge is 0.417 e. The fourth-order valence-corrected chi connectivity index (χ4v) is 4.08. The predicted octanol–water partition coefficient (Wildman–Crippen LogP) is 4.72. The summed E-state index contributed by atoms with van der Waals surface area (Å²) in [6.07, 6.45) is -3.57. The van der Waals surface area contributed by atoms with Crippen LogP contribution in [0, 0.1) is 17.6 Å². The van der Waals surface area contributed by atoms with Crippen molar-refractivity contribution in [1.82, 2.24) is 14.7 Å². The van der Waals surface area contributed by atoms with Crippen LogP contribution in [-0.2, 0) is 4.74 Å². The number of benzene rings is 1. The molecule has 4 rings (SSSR count). The summed E-state index contributed by atoms with van der Waals surface area (Å²) >= 11 is 0. The molecule has 0 unspecified atom stereocenters. The van der Waals surface area contributed by atoms with E-state index < -0.39 is 47.1 Å². The number of alkyl halides is 3. The van der Waals surface area contributed by atoms with Crippen molar-refractivity contribution in [3.63, 3.8) is 0 Å². The van der Waals surface area contributed by atoms with Crippen LogP contribution < -0.4 is 4.74 Å². The molecule has 0 amide bonds. The van der Waals surface area contributed by atoms with Crippen LogP contribution in [-0.4, -0.2) is 38.8 Å². The molecule has 166 valence electrons. The van der Waals surface area contributed by atoms with Crippen LogP contribution in [0.5, 0.6) is 5.75 Å². The Bertz CT molecular complexity index is 1100. The molecule has 0 saturated carbocycles. The van der Waals surface area contributed by atoms with E-state index in [4.69, 9.17) is 9.47 Å². The molecule has 3 aliphatic heterocycles. The third-order valence-electron chi connectivity index (χ3n) is 5.94. The first-order valence-corrected chi connectivity index (χ1v) is 9.29. The molecule has 1 aromatic rings. The standard InChI is InChI=1S/C20H18F5N3O3/c1-9-14(10-4-5-11(21)15(22)16(10)30-3)17(31-19(9,2)20(23,24)25)18-26-12-6-7-28(29)8-13(12)27-18/h4-9,14,17,29H,1-3H3/t9-,14-,17+,19+/m0/s1. The highest BCUT2D eigenvalue weighted by molar-refractivity contribution is 5.55. The zero-order valence-electron chi connectivity index (χ0n) is 16.6. The monoisotopic (exact) mass is 443 g/mol. The third kappa shape index (κ3) is 3.18. The zero-order chi connectivity index (χ0) is 22.7. The fourth-order valence-electron chi connectivity index (χ4n) is 4.08. The summed E-state index contributed by atoms with van der Waals surface area (Å²) in [4.78, 5) is 8.47. The summed E-state index contributed by atoms with van der Waals surface area (Å²) in [5.74, 6) is -5.39. The third-order valence-corrected chi connectivity index (χ3v) is 5.94. The topological polar surface area (TPSA) is 69.4 Å². The van der Waals surface area contributed by atoms with Crippen molar-refractivity contribution in [2.75, 3.05) is 7.11 Å². The normalized spacial score (nSPS) is 26.5. The number of ether oxygens (including phenoxy) is 2. The lowest BCUT2D eigenvalue weighted by Crippen LogP contribution is -2.46. The molecule has 4 atom stereocenters. The van der Waals surface area contributed by atoms with Gasteiger partial charge in [0.05, 0.1) is 19.0 Å². The molecule has 0 spiro atoms. The lowest BCUT2D eigenvalue weighted by molar-refractivity contribution is -0.275. The van der Waals surface area contributed by atoms with Crippen LogP contribution in [0.1, 0.15) is 37.3 Å². The zero-order valence-corrected chi connectivity index (χ0v) is 16.6. The summed E-state index contributed by atoms with van der Waals surface area (Å²) < 4.78 is 81.4. The Kier molecular flexibility index (Phi) is 4.84. The Morgan fingerprint density at radius 2 is 1.84 bits per heavy atom. The molecule has 0 radical (unpaired) electrons. The average Bonchev–Trinajstić information content (AvgIpc) is 3.23. The average molecular weight is 443 g/mol. The molecule has 11 heteroatoms. The van der Waals surface area contributed by atoms with E-state index in [1.54, 1.807) is 0 Å². The molecule has 0 aliphatic carbocycles. The highest BCUT2D eigenvalue weighted by Gasteiger charge is 2.65. The van der Waals surface area contributed by atoms with Crippen LogP contribution in [0.15, 0.2) is 30.6 Å². The molecule has 0 bridgehead atoms. The number of aromatic nitrogens is 3. The second kappa shape index (κ2) is 7.04. The van der Waals surface area contributed by atoms with Crippen molar-refractivity contribution in [2.45, 2.75) is 37.6 Å². The van der Waals surface area contributed by atoms with Gasteiger partial charge in [-0.3, -0.25) is 0 Å². The van der Waals surface area contributed by atoms with Crippen molar-refractivity contribution in [1.29, 1.82) is 0 Å². The van der Waals surface area contributed by atoms with E-state index in [1.165, 1.54) is 31.5 Å². The molecule has 1 saturated heterocycles. The second-order valence-electron chi connectivity index (χ2n) is 7.62. The summed E-state index contributed by atoms with van der Waals surface area (Å²) in [5.41, 5.74) is -2.04. The van der Waals surface area contributed by atoms with Gasteiger partial charge in [-0.05, 0) is 19.1 Å². The highest BCUT2D eigenvalue weighted by Crippen LogP contribution is 2.59. The molecule has 3 aliphatic rings. The minimum atomic E-state index is -4.76. The number of fused-ring (bicyclic) bond motifs is 1. The first-order valence-electron chi connectivity index (χ1n) is 9.29. The summed E-state index contributed by atoms with van der Waals surface area (Å²) in [7, 11) is 1.10. The Balaban J connectivity index is 1.91. The molecular formula is C20H18F5N3O3. The Morgan fingerprint density at radius 1 is 1.16 bits per heavy atom. The summed E-state index contributed by atoms with van der Waals surface area (Å²) in [5, 5.41) is 9.57. The molecule has 3 heterocycles. The highest BCUT2D eigenvalue weighted by atomic mass is 19.4. The van der Waals surface area contributed by atoms with Crippen molar-refractivity contribution in [2.24, 2.45) is 5.92 Å². The molecular weight excluding hydrogens is 425 g/mol. The number of pyridine rings is 1. The van der Waals surface area contributed by atoms with E-state index in [-0.39, 0.29) is 17.1 Å². The number of imidazole rings is 1. The second-order valence-corrected chi connectivity index (χ2v) is 7.62. The van der Waals surface area contributed by atoms with E-state index in [9.17, 15) is 27.2 Å². The predicted molar refractivity (Wildman–Crippen MR) is 96.9 cm³/mol. The molecule has 31 heavy (non-hydrogen) atoms. The van der Waals surface area contributed by atoms with Crippen LogP contribution >= 0.6 is 0 Å². The largest absolute Gasteiger partial charge is 0.493 e. The van der Waals surface area contributed by atoms with Crippen LogP contribution in [0.25, 0.3) is 11.4 Å². The fraction of sp³-hybridized carbons (Fsp3) is 0.400. The SMILES string of the molecule is COc1c([C@H]2[C@H](c3nc4ccn(O)cc-4n3)O[C@@](C)(C(F)(F)F)[C@H]2C)ccc(F)c1F. The maximum absolute atomic E-state index is 14.4. The number of hydrogen-bond acceptors (Lipinski definition) is 5. The quantitative estimate of drug-likeness (QED) is 0.469. The number of hydrogen-bond donors (Lipinski definition) is 1. The van der Waals surface area contributed by atoms with Crippen LogP contribution in [0.4, 0.5) is 22.0 Å². The summed E-state index contributed by atoms with van der Waals surface area (Å²) in [6, 6.07) is 3.44. The lowest BCUT2D eigenvalue weighted by atomic mass is 9.77. The van der Waals surface area contributed by atoms with Crippen molar-refractivity contribution in [3.8, 4) is 17.1 Å². The Labute approximate surface area is 173 Å². The number of methoxy groups -OCH3 is 1. The van der Waals surface area contributed by atoms with Gasteiger partial charge in [0.25, 0.3) is 0 Å². The van der Waals surface area contributed by atoms with Gasteiger partial charge in [0.2, 0.25) is 5.82 Å². The van der Waals surface area contributed by atoms with Gasteiger partial charge in [0.1, 0.15) is 11.8 Å². The maximum atomic E-state index is 14.4. The van der Waals surface area contributed by atoms with Gasteiger partial charge in [-0.25, -0.2) is 14.4 Å². The van der Waals surface area contributed by atoms with Gasteiger partial charge in [0, 0.05) is 23.6 Å². The van der Waals surface area contributed by atoms with E-state index in [1.807, 2.05) is 0 Å². The first kappa shape index (κ1) is 21.3. The maximum Gasteiger partial charge on any atom is 0.417 e. The number of halogens is 5. The minimum absolute atomic E-state index is 0.0120. The van der Waals surface area contributed by atoms with Crippen LogP contribution in [0.3, 0.4) is 0 Å². The van der Waals surface area contributed by atoms with E-state index in [2.05, 4.69) is 9.97 Å². The van der Waals surface area contributed by atoms with E-state index in [0.717, 1.165) is 24.8 Å². The van der Waals surface area contributed by atoms with Gasteiger partial charge in [-0.1, -0.05) is 13.0 Å². The molecule has 6 nitrogen and oxygen atoms in total. The van der Waals surface area contributed by atoms with E-state index in [0.29, 0.717) is 5.69 Å². The lowest BCUT2D eigenvalue weighted by Gasteiger charge is -2.32. The van der Waals surface area contributed by atoms with Gasteiger partial charge < -0.3 is 14.7 Å². The minimum Gasteiger partial charge on any atom is -0.493 e. The van der Waals surface area contributed by atoms with Gasteiger partial charge in [-0.15, -0.1) is 0 Å². The van der Waals surface area contributed by atoms with E-state index >= 15 is 0 Å². The molecule has 1 aromatic carbocycles. The van der Waals surface area contributed by atoms with Crippen LogP contribution in [0.2, 0.25) is 0 Å². The Morgan fingerprint density at radius 3 is 2.48 bits per heavy atom. The van der Waals surface area contributed by atoms with Crippen molar-refractivity contribution < 1.29 is 36.6 Å². The first-order chi connectivity index (χ1) is 14.5.